The number of carboxylic acid groups (broad SMARTS) is 4. The summed E-state index contributed by atoms with van der Waals surface area (Å²) in [5.41, 5.74) is 4.57. The number of thiophene rings is 1. The lowest BCUT2D eigenvalue weighted by molar-refractivity contribution is -0.193. The number of Topliss-reactive ketones (excluding diaryl/α,β-unsaturated/α-hetero) is 1. The van der Waals surface area contributed by atoms with Crippen molar-refractivity contribution in [1.82, 2.24) is 4.90 Å². The van der Waals surface area contributed by atoms with E-state index < -0.39 is 65.9 Å². The third kappa shape index (κ3) is 13.6. The molecule has 1 saturated carbocycles. The van der Waals surface area contributed by atoms with Crippen LogP contribution in [0.15, 0.2) is 30.3 Å². The molecule has 0 aliphatic heterocycles. The fraction of sp³-hybridized carbons (Fsp3) is 0.414. The van der Waals surface area contributed by atoms with E-state index in [0.29, 0.717) is 19.4 Å². The minimum absolute atomic E-state index is 0.159. The zero-order valence-corrected chi connectivity index (χ0v) is 27.0. The maximum atomic E-state index is 14.2. The predicted molar refractivity (Wildman–Crippen MR) is 160 cm³/mol. The molecule has 0 bridgehead atoms. The molecule has 3 rings (SSSR count). The Morgan fingerprint density at radius 3 is 1.84 bits per heavy atom. The zero-order valence-electron chi connectivity index (χ0n) is 26.1. The lowest BCUT2D eigenvalue weighted by atomic mass is 9.84. The van der Waals surface area contributed by atoms with Crippen LogP contribution < -0.4 is 10.5 Å². The van der Waals surface area contributed by atoms with Gasteiger partial charge in [0.25, 0.3) is 0 Å². The molecule has 1 atom stereocenters. The van der Waals surface area contributed by atoms with Crippen LogP contribution in [-0.4, -0.2) is 91.7 Å². The van der Waals surface area contributed by atoms with Crippen LogP contribution in [0.1, 0.15) is 58.6 Å². The third-order valence-electron chi connectivity index (χ3n) is 7.07. The van der Waals surface area contributed by atoms with Gasteiger partial charge in [-0.1, -0.05) is 12.8 Å². The summed E-state index contributed by atoms with van der Waals surface area (Å²) in [6.07, 6.45) is -8.56. The maximum Gasteiger partial charge on any atom is 0.490 e. The standard InChI is InChI=1S/C25H28FN3O7S.2C2HF3O2/c1-29(25(8-2-3-9-25)20(30)11-15(23(33)34)12-21(31)32)13-16-5-7-19(37-16)24(35)36-18-6-4-14(22(27)28)10-17(18)26;2*3-2(4,5)1(6)7/h4-7,10,15H,2-3,8-9,11-13H2,1H3,(H3,27,28)(H,31,32)(H,33,34);2*(H,6,7)/t15-;;/m0../s1. The Kier molecular flexibility index (Phi) is 15.7. The first-order valence-corrected chi connectivity index (χ1v) is 14.9. The number of nitrogens with one attached hydrogen (secondary N) is 1. The Labute approximate surface area is 286 Å². The molecule has 1 fully saturated rings. The van der Waals surface area contributed by atoms with Crippen molar-refractivity contribution in [3.63, 3.8) is 0 Å². The molecule has 51 heavy (non-hydrogen) atoms. The number of rotatable bonds is 12. The summed E-state index contributed by atoms with van der Waals surface area (Å²) < 4.78 is 82.9. The molecule has 0 saturated heterocycles. The Morgan fingerprint density at radius 1 is 0.922 bits per heavy atom. The molecule has 1 aliphatic rings. The highest BCUT2D eigenvalue weighted by atomic mass is 32.1. The van der Waals surface area contributed by atoms with Gasteiger partial charge >= 0.3 is 42.2 Å². The summed E-state index contributed by atoms with van der Waals surface area (Å²) in [5, 5.41) is 40.0. The second-order valence-electron chi connectivity index (χ2n) is 10.7. The first-order chi connectivity index (χ1) is 23.3. The monoisotopic (exact) mass is 761 g/mol. The average molecular weight is 762 g/mol. The number of amidine groups is 1. The highest BCUT2D eigenvalue weighted by Crippen LogP contribution is 2.39. The number of ketones is 1. The van der Waals surface area contributed by atoms with Crippen molar-refractivity contribution in [1.29, 1.82) is 5.41 Å². The number of aliphatic carboxylic acids is 4. The lowest BCUT2D eigenvalue weighted by Gasteiger charge is -2.38. The van der Waals surface area contributed by atoms with Crippen molar-refractivity contribution in [2.75, 3.05) is 7.05 Å². The van der Waals surface area contributed by atoms with E-state index in [2.05, 4.69) is 0 Å². The number of nitrogens with two attached hydrogens (primary N) is 1. The predicted octanol–water partition coefficient (Wildman–Crippen LogP) is 4.54. The molecular weight excluding hydrogens is 731 g/mol. The van der Waals surface area contributed by atoms with Gasteiger partial charge in [-0.3, -0.25) is 24.7 Å². The number of hydrogen-bond donors (Lipinski definition) is 6. The van der Waals surface area contributed by atoms with E-state index >= 15 is 0 Å². The van der Waals surface area contributed by atoms with Gasteiger partial charge in [-0.25, -0.2) is 18.8 Å². The molecule has 1 aliphatic carbocycles. The van der Waals surface area contributed by atoms with Crippen LogP contribution in [0.3, 0.4) is 0 Å². The van der Waals surface area contributed by atoms with Gasteiger partial charge in [-0.15, -0.1) is 11.3 Å². The number of ether oxygens (including phenoxy) is 1. The van der Waals surface area contributed by atoms with Crippen molar-refractivity contribution in [3.05, 3.63) is 51.5 Å². The number of carboxylic acids is 4. The van der Waals surface area contributed by atoms with E-state index in [0.717, 1.165) is 35.1 Å². The molecule has 0 spiro atoms. The second kappa shape index (κ2) is 18.2. The van der Waals surface area contributed by atoms with Gasteiger partial charge in [0.2, 0.25) is 0 Å². The van der Waals surface area contributed by atoms with E-state index in [4.69, 9.17) is 40.8 Å². The highest BCUT2D eigenvalue weighted by Gasteiger charge is 2.45. The van der Waals surface area contributed by atoms with Crippen LogP contribution >= 0.6 is 11.3 Å². The summed E-state index contributed by atoms with van der Waals surface area (Å²) in [6, 6.07) is 6.82. The number of esters is 1. The zero-order chi connectivity index (χ0) is 39.5. The number of carbonyl (C=O) groups excluding carboxylic acids is 2. The summed E-state index contributed by atoms with van der Waals surface area (Å²) in [7, 11) is 1.75. The van der Waals surface area contributed by atoms with E-state index in [1.807, 2.05) is 4.90 Å². The highest BCUT2D eigenvalue weighted by molar-refractivity contribution is 7.13. The van der Waals surface area contributed by atoms with Gasteiger partial charge in [0.05, 0.1) is 17.9 Å². The molecular formula is C29H30F7N3O11S. The second-order valence-corrected chi connectivity index (χ2v) is 11.8. The van der Waals surface area contributed by atoms with Gasteiger partial charge in [0, 0.05) is 23.4 Å². The van der Waals surface area contributed by atoms with Crippen LogP contribution in [0.25, 0.3) is 0 Å². The Hall–Kier alpha value is -5.12. The summed E-state index contributed by atoms with van der Waals surface area (Å²) in [6.45, 7) is 0.294. The number of carbonyl (C=O) groups is 6. The number of nitrogen functional groups attached to an aromatic ring is 1. The van der Waals surface area contributed by atoms with Crippen molar-refractivity contribution in [2.24, 2.45) is 11.7 Å². The van der Waals surface area contributed by atoms with Crippen LogP contribution in [0.5, 0.6) is 5.75 Å². The van der Waals surface area contributed by atoms with E-state index in [1.165, 1.54) is 18.2 Å². The summed E-state index contributed by atoms with van der Waals surface area (Å²) >= 11 is 1.12. The molecule has 0 unspecified atom stereocenters. The van der Waals surface area contributed by atoms with Gasteiger partial charge < -0.3 is 30.9 Å². The number of likely N-dealkylation sites (N-methyl/N-ethyl adjacent to an activating group) is 1. The molecule has 0 amide bonds. The Balaban J connectivity index is 0.000000780. The molecule has 2 aromatic rings. The summed E-state index contributed by atoms with van der Waals surface area (Å²) in [4.78, 5) is 69.0. The lowest BCUT2D eigenvalue weighted by Crippen LogP contribution is -2.51. The van der Waals surface area contributed by atoms with Gasteiger partial charge in [-0.2, -0.15) is 26.3 Å². The van der Waals surface area contributed by atoms with E-state index in [9.17, 15) is 55.0 Å². The molecule has 1 heterocycles. The maximum absolute atomic E-state index is 14.2. The van der Waals surface area contributed by atoms with Crippen molar-refractivity contribution >= 4 is 52.8 Å². The Morgan fingerprint density at radius 2 is 1.43 bits per heavy atom. The number of halogens is 7. The normalized spacial score (nSPS) is 14.2. The molecule has 22 heteroatoms. The number of nitrogens with zero attached hydrogens (tertiary/aromatic N) is 1. The van der Waals surface area contributed by atoms with E-state index in [-0.39, 0.29) is 34.2 Å². The molecule has 14 nitrogen and oxygen atoms in total. The van der Waals surface area contributed by atoms with Crippen molar-refractivity contribution < 1.29 is 84.7 Å². The topological polar surface area (TPSA) is 246 Å². The van der Waals surface area contributed by atoms with Gasteiger partial charge in [0.1, 0.15) is 10.7 Å². The van der Waals surface area contributed by atoms with Crippen molar-refractivity contribution in [2.45, 2.75) is 63.0 Å². The van der Waals surface area contributed by atoms with Crippen LogP contribution in [0.4, 0.5) is 30.7 Å². The van der Waals surface area contributed by atoms with Crippen molar-refractivity contribution in [3.8, 4) is 5.75 Å². The molecule has 1 aromatic carbocycles. The fourth-order valence-corrected chi connectivity index (χ4v) is 5.50. The molecule has 1 aromatic heterocycles. The largest absolute Gasteiger partial charge is 0.490 e. The first kappa shape index (κ1) is 43.9. The molecule has 282 valence electrons. The van der Waals surface area contributed by atoms with Gasteiger partial charge in [0.15, 0.2) is 17.3 Å². The van der Waals surface area contributed by atoms with Crippen LogP contribution in [0, 0.1) is 17.1 Å². The number of benzene rings is 1. The third-order valence-corrected chi connectivity index (χ3v) is 8.12. The molecule has 0 radical (unpaired) electrons. The molecule has 7 N–H and O–H groups in total. The minimum atomic E-state index is -5.08. The van der Waals surface area contributed by atoms with E-state index in [1.54, 1.807) is 13.1 Å². The first-order valence-electron chi connectivity index (χ1n) is 14.1. The number of hydrogen-bond acceptors (Lipinski definition) is 10. The van der Waals surface area contributed by atoms with Crippen LogP contribution in [0.2, 0.25) is 0 Å². The minimum Gasteiger partial charge on any atom is -0.481 e. The number of alkyl halides is 6. The summed E-state index contributed by atoms with van der Waals surface area (Å²) in [5.74, 6) is -11.9. The quantitative estimate of drug-likeness (QED) is 0.0573. The van der Waals surface area contributed by atoms with Crippen LogP contribution in [-0.2, 0) is 30.5 Å². The smallest absolute Gasteiger partial charge is 0.481 e. The average Bonchev–Trinajstić information content (AvgIpc) is 3.68. The van der Waals surface area contributed by atoms with Gasteiger partial charge in [-0.05, 0) is 50.2 Å². The fourth-order valence-electron chi connectivity index (χ4n) is 4.56. The SMILES string of the molecule is CN(Cc1ccc(C(=O)Oc2ccc(C(=N)N)cc2F)s1)C1(C(=O)C[C@@H](CC(=O)O)C(=O)O)CCCC1.O=C(O)C(F)(F)F.O=C(O)C(F)(F)F. The Bertz CT molecular complexity index is 1600.